The van der Waals surface area contributed by atoms with Crippen molar-refractivity contribution in [1.82, 2.24) is 0 Å². The van der Waals surface area contributed by atoms with Crippen LogP contribution in [0.2, 0.25) is 0 Å². The average Bonchev–Trinajstić information content (AvgIpc) is 2.40. The predicted molar refractivity (Wildman–Crippen MR) is 55.8 cm³/mol. The summed E-state index contributed by atoms with van der Waals surface area (Å²) < 4.78 is 22.3. The molecule has 5 heteroatoms. The van der Waals surface area contributed by atoms with E-state index in [1.165, 1.54) is 0 Å². The first-order chi connectivity index (χ1) is 7.27. The topological polar surface area (TPSA) is 57.2 Å². The SMILES string of the molecule is CO[C@H]1[C@@H]2OC(C)(C)O[C@@H]2C(O)OC1(C)C. The fraction of sp³-hybridized carbons (Fsp3) is 1.00. The van der Waals surface area contributed by atoms with E-state index >= 15 is 0 Å². The van der Waals surface area contributed by atoms with E-state index in [0.29, 0.717) is 0 Å². The molecular formula is C11H20O5. The van der Waals surface area contributed by atoms with Crippen molar-refractivity contribution in [3.63, 3.8) is 0 Å². The Morgan fingerprint density at radius 1 is 1.00 bits per heavy atom. The summed E-state index contributed by atoms with van der Waals surface area (Å²) in [7, 11) is 1.61. The molecule has 0 aromatic heterocycles. The molecule has 1 unspecified atom stereocenters. The minimum Gasteiger partial charge on any atom is -0.376 e. The molecule has 2 heterocycles. The molecule has 94 valence electrons. The molecule has 0 aliphatic carbocycles. The standard InChI is InChI=1S/C11H20O5/c1-10(2)8(13-5)6-7(9(12)16-10)15-11(3,4)14-6/h6-9,12H,1-5H3/t6-,7+,8+,9?/m1/s1. The fourth-order valence-corrected chi connectivity index (χ4v) is 2.53. The van der Waals surface area contributed by atoms with E-state index in [0.717, 1.165) is 0 Å². The number of aliphatic hydroxyl groups is 1. The van der Waals surface area contributed by atoms with Gasteiger partial charge in [0.05, 0.1) is 5.60 Å². The molecule has 2 fully saturated rings. The van der Waals surface area contributed by atoms with Gasteiger partial charge in [0, 0.05) is 7.11 Å². The Hall–Kier alpha value is -0.200. The van der Waals surface area contributed by atoms with Gasteiger partial charge in [-0.1, -0.05) is 0 Å². The van der Waals surface area contributed by atoms with Crippen molar-refractivity contribution in [2.24, 2.45) is 0 Å². The van der Waals surface area contributed by atoms with Crippen LogP contribution in [0, 0.1) is 0 Å². The van der Waals surface area contributed by atoms with Crippen molar-refractivity contribution < 1.29 is 24.1 Å². The van der Waals surface area contributed by atoms with Crippen LogP contribution in [0.3, 0.4) is 0 Å². The van der Waals surface area contributed by atoms with Crippen molar-refractivity contribution in [3.05, 3.63) is 0 Å². The van der Waals surface area contributed by atoms with Crippen LogP contribution in [-0.4, -0.2) is 48.2 Å². The zero-order valence-corrected chi connectivity index (χ0v) is 10.4. The van der Waals surface area contributed by atoms with Gasteiger partial charge >= 0.3 is 0 Å². The van der Waals surface area contributed by atoms with Crippen LogP contribution < -0.4 is 0 Å². The maximum Gasteiger partial charge on any atom is 0.184 e. The van der Waals surface area contributed by atoms with Crippen LogP contribution in [-0.2, 0) is 18.9 Å². The van der Waals surface area contributed by atoms with Gasteiger partial charge in [0.1, 0.15) is 18.3 Å². The zero-order valence-electron chi connectivity index (χ0n) is 10.4. The first kappa shape index (κ1) is 12.3. The second-order valence-corrected chi connectivity index (χ2v) is 5.33. The van der Waals surface area contributed by atoms with Crippen molar-refractivity contribution in [1.29, 1.82) is 0 Å². The quantitative estimate of drug-likeness (QED) is 0.719. The van der Waals surface area contributed by atoms with E-state index in [-0.39, 0.29) is 12.2 Å². The first-order valence-electron chi connectivity index (χ1n) is 5.51. The van der Waals surface area contributed by atoms with Gasteiger partial charge < -0.3 is 24.1 Å². The Morgan fingerprint density at radius 2 is 1.56 bits per heavy atom. The van der Waals surface area contributed by atoms with Gasteiger partial charge in [-0.3, -0.25) is 0 Å². The molecule has 0 aromatic carbocycles. The third-order valence-electron chi connectivity index (χ3n) is 3.11. The predicted octanol–water partition coefficient (Wildman–Crippen LogP) is 0.649. The molecule has 5 nitrogen and oxygen atoms in total. The summed E-state index contributed by atoms with van der Waals surface area (Å²) >= 11 is 0. The molecule has 2 aliphatic rings. The number of aliphatic hydroxyl groups excluding tert-OH is 1. The number of hydrogen-bond acceptors (Lipinski definition) is 5. The smallest absolute Gasteiger partial charge is 0.184 e. The highest BCUT2D eigenvalue weighted by atomic mass is 16.8. The molecule has 2 aliphatic heterocycles. The summed E-state index contributed by atoms with van der Waals surface area (Å²) in [5, 5.41) is 9.88. The molecule has 0 saturated carbocycles. The number of rotatable bonds is 1. The zero-order chi connectivity index (χ0) is 12.1. The Morgan fingerprint density at radius 3 is 2.12 bits per heavy atom. The van der Waals surface area contributed by atoms with Crippen LogP contribution in [0.15, 0.2) is 0 Å². The van der Waals surface area contributed by atoms with Crippen LogP contribution in [0.4, 0.5) is 0 Å². The second kappa shape index (κ2) is 3.65. The van der Waals surface area contributed by atoms with Gasteiger partial charge in [-0.15, -0.1) is 0 Å². The maximum atomic E-state index is 9.88. The monoisotopic (exact) mass is 232 g/mol. The molecule has 0 radical (unpaired) electrons. The van der Waals surface area contributed by atoms with Gasteiger partial charge in [-0.25, -0.2) is 0 Å². The van der Waals surface area contributed by atoms with E-state index in [4.69, 9.17) is 18.9 Å². The lowest BCUT2D eigenvalue weighted by Crippen LogP contribution is -2.61. The normalized spacial score (nSPS) is 45.4. The number of fused-ring (bicyclic) bond motifs is 1. The highest BCUT2D eigenvalue weighted by Gasteiger charge is 2.57. The molecule has 0 aromatic rings. The van der Waals surface area contributed by atoms with E-state index in [2.05, 4.69) is 0 Å². The third-order valence-corrected chi connectivity index (χ3v) is 3.11. The molecule has 0 spiro atoms. The lowest BCUT2D eigenvalue weighted by atomic mass is 9.90. The molecular weight excluding hydrogens is 212 g/mol. The summed E-state index contributed by atoms with van der Waals surface area (Å²) in [6, 6.07) is 0. The van der Waals surface area contributed by atoms with Gasteiger partial charge in [-0.05, 0) is 27.7 Å². The Labute approximate surface area is 95.6 Å². The third kappa shape index (κ3) is 1.87. The van der Waals surface area contributed by atoms with Crippen LogP contribution in [0.25, 0.3) is 0 Å². The molecule has 4 atom stereocenters. The maximum absolute atomic E-state index is 9.88. The molecule has 16 heavy (non-hydrogen) atoms. The Balaban J connectivity index is 2.26. The summed E-state index contributed by atoms with van der Waals surface area (Å²) in [6.07, 6.45) is -2.04. The van der Waals surface area contributed by atoms with Crippen LogP contribution in [0.5, 0.6) is 0 Å². The highest BCUT2D eigenvalue weighted by Crippen LogP contribution is 2.41. The summed E-state index contributed by atoms with van der Waals surface area (Å²) in [4.78, 5) is 0. The lowest BCUT2D eigenvalue weighted by Gasteiger charge is -2.44. The first-order valence-corrected chi connectivity index (χ1v) is 5.51. The molecule has 1 N–H and O–H groups in total. The lowest BCUT2D eigenvalue weighted by molar-refractivity contribution is -0.292. The van der Waals surface area contributed by atoms with E-state index < -0.39 is 23.8 Å². The van der Waals surface area contributed by atoms with Crippen molar-refractivity contribution in [2.45, 2.75) is 63.7 Å². The Bertz CT molecular complexity index is 276. The second-order valence-electron chi connectivity index (χ2n) is 5.33. The van der Waals surface area contributed by atoms with Gasteiger partial charge in [0.25, 0.3) is 0 Å². The van der Waals surface area contributed by atoms with E-state index in [1.54, 1.807) is 7.11 Å². The average molecular weight is 232 g/mol. The minimum atomic E-state index is -0.979. The van der Waals surface area contributed by atoms with Crippen LogP contribution in [0.1, 0.15) is 27.7 Å². The summed E-state index contributed by atoms with van der Waals surface area (Å²) in [6.45, 7) is 7.38. The number of hydrogen-bond donors (Lipinski definition) is 1. The number of methoxy groups -OCH3 is 1. The molecule has 0 amide bonds. The van der Waals surface area contributed by atoms with E-state index in [9.17, 15) is 5.11 Å². The van der Waals surface area contributed by atoms with Gasteiger partial charge in [0.2, 0.25) is 0 Å². The summed E-state index contributed by atoms with van der Waals surface area (Å²) in [5.74, 6) is -0.711. The Kier molecular flexibility index (Phi) is 2.79. The highest BCUT2D eigenvalue weighted by molar-refractivity contribution is 5.00. The number of ether oxygens (including phenoxy) is 4. The van der Waals surface area contributed by atoms with Crippen LogP contribution >= 0.6 is 0 Å². The van der Waals surface area contributed by atoms with Gasteiger partial charge in [0.15, 0.2) is 12.1 Å². The fourth-order valence-electron chi connectivity index (χ4n) is 2.53. The largest absolute Gasteiger partial charge is 0.376 e. The summed E-state index contributed by atoms with van der Waals surface area (Å²) in [5.41, 5.74) is -0.598. The molecule has 0 bridgehead atoms. The minimum absolute atomic E-state index is 0.261. The molecule has 2 rings (SSSR count). The molecule has 2 saturated heterocycles. The van der Waals surface area contributed by atoms with Crippen molar-refractivity contribution >= 4 is 0 Å². The van der Waals surface area contributed by atoms with E-state index in [1.807, 2.05) is 27.7 Å². The van der Waals surface area contributed by atoms with Crippen molar-refractivity contribution in [2.75, 3.05) is 7.11 Å². The van der Waals surface area contributed by atoms with Gasteiger partial charge in [-0.2, -0.15) is 0 Å². The van der Waals surface area contributed by atoms with Crippen molar-refractivity contribution in [3.8, 4) is 0 Å².